The highest BCUT2D eigenvalue weighted by Gasteiger charge is 2.59. The molecule has 1 aromatic heterocycles. The maximum atomic E-state index is 11.4. The molecule has 0 spiro atoms. The van der Waals surface area contributed by atoms with Gasteiger partial charge in [0.15, 0.2) is 0 Å². The Morgan fingerprint density at radius 1 is 1.19 bits per heavy atom. The van der Waals surface area contributed by atoms with Crippen molar-refractivity contribution in [3.05, 3.63) is 28.7 Å². The number of hydrogen-bond donors (Lipinski definition) is 0. The predicted molar refractivity (Wildman–Crippen MR) is 102 cm³/mol. The molecule has 4 heteroatoms. The number of carbonyl (C=O) groups excluding carboxylic acids is 1. The summed E-state index contributed by atoms with van der Waals surface area (Å²) in [5.41, 5.74) is 4.59. The van der Waals surface area contributed by atoms with E-state index in [1.807, 2.05) is 0 Å². The lowest BCUT2D eigenvalue weighted by molar-refractivity contribution is -0.148. The van der Waals surface area contributed by atoms with Gasteiger partial charge in [-0.2, -0.15) is 0 Å². The van der Waals surface area contributed by atoms with Crippen LogP contribution in [-0.4, -0.2) is 17.2 Å². The Morgan fingerprint density at radius 3 is 2.74 bits per heavy atom. The van der Waals surface area contributed by atoms with Crippen LogP contribution in [0.25, 0.3) is 0 Å². The van der Waals surface area contributed by atoms with Crippen LogP contribution in [0.1, 0.15) is 76.3 Å². The fourth-order valence-electron chi connectivity index (χ4n) is 7.46. The Balaban J connectivity index is 1.45. The summed E-state index contributed by atoms with van der Waals surface area (Å²) in [6, 6.07) is 0. The van der Waals surface area contributed by atoms with Crippen molar-refractivity contribution < 1.29 is 14.1 Å². The lowest BCUT2D eigenvalue weighted by atomic mass is 9.47. The van der Waals surface area contributed by atoms with Crippen LogP contribution in [0, 0.1) is 30.1 Å². The maximum Gasteiger partial charge on any atom is 0.302 e. The minimum atomic E-state index is -0.144. The summed E-state index contributed by atoms with van der Waals surface area (Å²) in [6.07, 6.45) is 10.4. The van der Waals surface area contributed by atoms with Gasteiger partial charge in [-0.05, 0) is 62.2 Å². The van der Waals surface area contributed by atoms with Gasteiger partial charge in [-0.25, -0.2) is 0 Å². The molecule has 0 unspecified atom stereocenters. The second-order valence-corrected chi connectivity index (χ2v) is 9.96. The number of esters is 1. The molecule has 0 bridgehead atoms. The summed E-state index contributed by atoms with van der Waals surface area (Å²) in [5, 5.41) is 4.26. The Labute approximate surface area is 161 Å². The summed E-state index contributed by atoms with van der Waals surface area (Å²) >= 11 is 0. The molecule has 5 rings (SSSR count). The first kappa shape index (κ1) is 17.5. The van der Waals surface area contributed by atoms with Crippen molar-refractivity contribution in [2.45, 2.75) is 84.2 Å². The molecule has 4 aliphatic rings. The molecule has 0 N–H and O–H groups in total. The van der Waals surface area contributed by atoms with Gasteiger partial charge in [-0.1, -0.05) is 30.7 Å². The summed E-state index contributed by atoms with van der Waals surface area (Å²) in [7, 11) is 0. The molecule has 4 aliphatic carbocycles. The van der Waals surface area contributed by atoms with E-state index in [0.29, 0.717) is 5.92 Å². The minimum absolute atomic E-state index is 0.0800. The van der Waals surface area contributed by atoms with Crippen molar-refractivity contribution in [1.82, 2.24) is 5.16 Å². The number of aryl methyl sites for hydroxylation is 1. The van der Waals surface area contributed by atoms with Gasteiger partial charge >= 0.3 is 5.97 Å². The molecule has 0 saturated heterocycles. The van der Waals surface area contributed by atoms with E-state index in [0.717, 1.165) is 49.0 Å². The van der Waals surface area contributed by atoms with Gasteiger partial charge in [0.05, 0.1) is 5.69 Å². The summed E-state index contributed by atoms with van der Waals surface area (Å²) in [6.45, 7) is 8.59. The third-order valence-electron chi connectivity index (χ3n) is 8.69. The first-order chi connectivity index (χ1) is 12.8. The molecule has 27 heavy (non-hydrogen) atoms. The third kappa shape index (κ3) is 2.34. The molecule has 0 aromatic carbocycles. The fraction of sp³-hybridized carbons (Fsp3) is 0.739. The fourth-order valence-corrected chi connectivity index (χ4v) is 7.46. The topological polar surface area (TPSA) is 52.3 Å². The predicted octanol–water partition coefficient (Wildman–Crippen LogP) is 4.89. The summed E-state index contributed by atoms with van der Waals surface area (Å²) < 4.78 is 11.3. The van der Waals surface area contributed by atoms with Crippen LogP contribution < -0.4 is 0 Å². The Hall–Kier alpha value is -1.58. The van der Waals surface area contributed by atoms with Crippen molar-refractivity contribution in [1.29, 1.82) is 0 Å². The van der Waals surface area contributed by atoms with E-state index in [-0.39, 0.29) is 22.9 Å². The summed E-state index contributed by atoms with van der Waals surface area (Å²) in [5.74, 6) is 3.15. The number of carbonyl (C=O) groups is 1. The number of nitrogens with zero attached hydrogens (tertiary/aromatic N) is 1. The monoisotopic (exact) mass is 369 g/mol. The Kier molecular flexibility index (Phi) is 3.71. The third-order valence-corrected chi connectivity index (χ3v) is 8.69. The van der Waals surface area contributed by atoms with Crippen LogP contribution in [0.5, 0.6) is 0 Å². The van der Waals surface area contributed by atoms with E-state index >= 15 is 0 Å². The lowest BCUT2D eigenvalue weighted by Gasteiger charge is -2.57. The smallest absolute Gasteiger partial charge is 0.302 e. The molecule has 146 valence electrons. The number of rotatable bonds is 1. The Bertz CT molecular complexity index is 824. The average molecular weight is 370 g/mol. The highest BCUT2D eigenvalue weighted by atomic mass is 16.5. The van der Waals surface area contributed by atoms with Crippen molar-refractivity contribution in [2.75, 3.05) is 0 Å². The zero-order valence-electron chi connectivity index (χ0n) is 17.0. The Morgan fingerprint density at radius 2 is 1.96 bits per heavy atom. The molecule has 0 amide bonds. The van der Waals surface area contributed by atoms with E-state index < -0.39 is 0 Å². The quantitative estimate of drug-likeness (QED) is 0.522. The number of aromatic nitrogens is 1. The van der Waals surface area contributed by atoms with Crippen LogP contribution in [0.4, 0.5) is 0 Å². The first-order valence-corrected chi connectivity index (χ1v) is 10.7. The van der Waals surface area contributed by atoms with Crippen molar-refractivity contribution in [3.63, 3.8) is 0 Å². The minimum Gasteiger partial charge on any atom is -0.462 e. The molecule has 0 radical (unpaired) electrons. The standard InChI is InChI=1S/C23H31NO3/c1-13-21-20(27-24-13)12-19-17-6-5-15-11-16(26-14(2)25)7-9-22(15,3)18(17)8-10-23(19,21)4/h5,16-19H,6-12H2,1-4H3/t16-,17+,18-,19-,22+,23+/m1/s1. The zero-order chi connectivity index (χ0) is 19.0. The van der Waals surface area contributed by atoms with Gasteiger partial charge in [0, 0.05) is 30.7 Å². The average Bonchev–Trinajstić information content (AvgIpc) is 3.12. The number of fused-ring (bicyclic) bond motifs is 7. The van der Waals surface area contributed by atoms with E-state index in [1.165, 1.54) is 31.7 Å². The number of ether oxygens (including phenoxy) is 1. The highest BCUT2D eigenvalue weighted by molar-refractivity contribution is 5.66. The lowest BCUT2D eigenvalue weighted by Crippen LogP contribution is -2.51. The van der Waals surface area contributed by atoms with E-state index in [2.05, 4.69) is 32.0 Å². The molecule has 4 nitrogen and oxygen atoms in total. The van der Waals surface area contributed by atoms with Crippen LogP contribution in [-0.2, 0) is 21.4 Å². The van der Waals surface area contributed by atoms with Crippen molar-refractivity contribution in [3.8, 4) is 0 Å². The van der Waals surface area contributed by atoms with Gasteiger partial charge in [-0.15, -0.1) is 0 Å². The number of allylic oxidation sites excluding steroid dienone is 1. The normalized spacial score (nSPS) is 42.4. The van der Waals surface area contributed by atoms with Gasteiger partial charge in [0.1, 0.15) is 11.9 Å². The molecular formula is C23H31NO3. The molecular weight excluding hydrogens is 338 g/mol. The van der Waals surface area contributed by atoms with Crippen LogP contribution in [0.2, 0.25) is 0 Å². The molecule has 2 saturated carbocycles. The molecule has 1 aromatic rings. The largest absolute Gasteiger partial charge is 0.462 e. The molecule has 6 atom stereocenters. The molecule has 1 heterocycles. The first-order valence-electron chi connectivity index (χ1n) is 10.7. The van der Waals surface area contributed by atoms with Gasteiger partial charge in [0.2, 0.25) is 0 Å². The molecule has 0 aliphatic heterocycles. The van der Waals surface area contributed by atoms with Crippen LogP contribution >= 0.6 is 0 Å². The number of hydrogen-bond acceptors (Lipinski definition) is 4. The molecule has 2 fully saturated rings. The summed E-state index contributed by atoms with van der Waals surface area (Å²) in [4.78, 5) is 11.4. The van der Waals surface area contributed by atoms with Gasteiger partial charge in [0.25, 0.3) is 0 Å². The SMILES string of the molecule is CC(=O)O[C@@H]1CC[C@@]2(C)C(=CC[C@H]3[C@H]2CC[C@]2(C)c4c(C)noc4C[C@H]32)C1. The van der Waals surface area contributed by atoms with Gasteiger partial charge in [-0.3, -0.25) is 4.79 Å². The van der Waals surface area contributed by atoms with Crippen molar-refractivity contribution in [2.24, 2.45) is 23.2 Å². The van der Waals surface area contributed by atoms with E-state index in [1.54, 1.807) is 5.57 Å². The highest BCUT2D eigenvalue weighted by Crippen LogP contribution is 2.64. The van der Waals surface area contributed by atoms with E-state index in [9.17, 15) is 4.79 Å². The van der Waals surface area contributed by atoms with E-state index in [4.69, 9.17) is 9.26 Å². The zero-order valence-corrected chi connectivity index (χ0v) is 17.0. The van der Waals surface area contributed by atoms with Gasteiger partial charge < -0.3 is 9.26 Å². The maximum absolute atomic E-state index is 11.4. The second-order valence-electron chi connectivity index (χ2n) is 9.96. The van der Waals surface area contributed by atoms with Crippen LogP contribution in [0.15, 0.2) is 16.2 Å². The van der Waals surface area contributed by atoms with Crippen LogP contribution in [0.3, 0.4) is 0 Å². The van der Waals surface area contributed by atoms with Crippen molar-refractivity contribution >= 4 is 5.97 Å². The second kappa shape index (κ2) is 5.71.